The van der Waals surface area contributed by atoms with E-state index in [0.717, 1.165) is 33.3 Å². The highest BCUT2D eigenvalue weighted by atomic mass is 32.2. The minimum Gasteiger partial charge on any atom is -0.398 e. The second-order valence-corrected chi connectivity index (χ2v) is 9.80. The Kier molecular flexibility index (Phi) is 4.53. The van der Waals surface area contributed by atoms with Gasteiger partial charge in [0.05, 0.1) is 18.5 Å². The molecule has 0 spiro atoms. The Labute approximate surface area is 180 Å². The highest BCUT2D eigenvalue weighted by Gasteiger charge is 2.35. The van der Waals surface area contributed by atoms with E-state index in [-0.39, 0.29) is 0 Å². The maximum absolute atomic E-state index is 12.7. The molecule has 0 radical (unpaired) electrons. The summed E-state index contributed by atoms with van der Waals surface area (Å²) in [7, 11) is -3.44. The van der Waals surface area contributed by atoms with Gasteiger partial charge in [0.1, 0.15) is 17.7 Å². The lowest BCUT2D eigenvalue weighted by Gasteiger charge is -2.36. The molecule has 1 aliphatic heterocycles. The number of aryl methyl sites for hydroxylation is 1. The van der Waals surface area contributed by atoms with Gasteiger partial charge in [-0.05, 0) is 47.7 Å². The number of aromatic amines is 1. The van der Waals surface area contributed by atoms with Crippen LogP contribution in [0.25, 0.3) is 22.6 Å². The summed E-state index contributed by atoms with van der Waals surface area (Å²) in [6.07, 6.45) is 4.99. The smallest absolute Gasteiger partial charge is 0.212 e. The Hall–Kier alpha value is -3.30. The molecule has 0 saturated carbocycles. The third-order valence-electron chi connectivity index (χ3n) is 5.83. The van der Waals surface area contributed by atoms with Crippen LogP contribution in [0, 0.1) is 6.92 Å². The molecule has 8 nitrogen and oxygen atoms in total. The van der Waals surface area contributed by atoms with Gasteiger partial charge in [0, 0.05) is 17.8 Å². The molecule has 3 heterocycles. The van der Waals surface area contributed by atoms with E-state index < -0.39 is 16.1 Å². The van der Waals surface area contributed by atoms with E-state index in [4.69, 9.17) is 5.73 Å². The van der Waals surface area contributed by atoms with Crippen LogP contribution >= 0.6 is 0 Å². The molecule has 9 heteroatoms. The van der Waals surface area contributed by atoms with Gasteiger partial charge < -0.3 is 10.7 Å². The van der Waals surface area contributed by atoms with Crippen LogP contribution < -0.4 is 5.73 Å². The number of anilines is 1. The Balaban J connectivity index is 1.70. The zero-order valence-corrected chi connectivity index (χ0v) is 18.0. The molecule has 1 atom stereocenters. The van der Waals surface area contributed by atoms with Gasteiger partial charge in [0.25, 0.3) is 0 Å². The summed E-state index contributed by atoms with van der Waals surface area (Å²) < 4.78 is 26.9. The van der Waals surface area contributed by atoms with Gasteiger partial charge in [-0.1, -0.05) is 24.3 Å². The number of benzene rings is 2. The maximum atomic E-state index is 12.7. The fraction of sp³-hybridized carbons (Fsp3) is 0.227. The number of sulfonamides is 1. The van der Waals surface area contributed by atoms with E-state index in [1.807, 2.05) is 43.3 Å². The molecule has 2 aromatic carbocycles. The lowest BCUT2D eigenvalue weighted by Crippen LogP contribution is -2.40. The largest absolute Gasteiger partial charge is 0.398 e. The molecular weight excluding hydrogens is 412 g/mol. The minimum absolute atomic E-state index is 0.383. The normalized spacial score (nSPS) is 17.0. The van der Waals surface area contributed by atoms with E-state index >= 15 is 0 Å². The number of rotatable bonds is 3. The van der Waals surface area contributed by atoms with E-state index in [0.29, 0.717) is 30.1 Å². The average Bonchev–Trinajstić information content (AvgIpc) is 3.17. The van der Waals surface area contributed by atoms with Crippen molar-refractivity contribution in [2.24, 2.45) is 0 Å². The number of fused-ring (bicyclic) bond motifs is 2. The topological polar surface area (TPSA) is 118 Å². The summed E-state index contributed by atoms with van der Waals surface area (Å²) in [5.74, 6) is 0.671. The van der Waals surface area contributed by atoms with Crippen LogP contribution in [0.2, 0.25) is 0 Å². The van der Waals surface area contributed by atoms with Crippen molar-refractivity contribution >= 4 is 26.9 Å². The van der Waals surface area contributed by atoms with E-state index in [1.54, 1.807) is 10.5 Å². The SMILES string of the molecule is Cc1ccc(C2c3cccc(N)c3CCN2S(C)(=O)=O)cc1-c1nc2ncncc2[nH]1. The van der Waals surface area contributed by atoms with Gasteiger partial charge in [0.15, 0.2) is 5.65 Å². The number of hydrogen-bond donors (Lipinski definition) is 2. The van der Waals surface area contributed by atoms with Gasteiger partial charge in [0.2, 0.25) is 10.0 Å². The fourth-order valence-corrected chi connectivity index (χ4v) is 5.37. The van der Waals surface area contributed by atoms with Crippen molar-refractivity contribution in [3.8, 4) is 11.4 Å². The van der Waals surface area contributed by atoms with Gasteiger partial charge >= 0.3 is 0 Å². The van der Waals surface area contributed by atoms with Crippen molar-refractivity contribution < 1.29 is 8.42 Å². The van der Waals surface area contributed by atoms with Crippen molar-refractivity contribution in [1.82, 2.24) is 24.2 Å². The number of aromatic nitrogens is 4. The molecule has 3 N–H and O–H groups in total. The highest BCUT2D eigenvalue weighted by Crippen LogP contribution is 2.40. The molecule has 0 bridgehead atoms. The zero-order chi connectivity index (χ0) is 21.8. The van der Waals surface area contributed by atoms with Gasteiger partial charge in [-0.25, -0.2) is 23.4 Å². The zero-order valence-electron chi connectivity index (χ0n) is 17.2. The van der Waals surface area contributed by atoms with Crippen LogP contribution in [-0.2, 0) is 16.4 Å². The lowest BCUT2D eigenvalue weighted by molar-refractivity contribution is 0.347. The highest BCUT2D eigenvalue weighted by molar-refractivity contribution is 7.88. The number of nitrogens with two attached hydrogens (primary N) is 1. The standard InChI is InChI=1S/C22H22N6O2S/c1-13-6-7-14(10-17(13)21-26-19-11-24-12-25-22(19)27-21)20-16-4-3-5-18(23)15(16)8-9-28(20)31(2,29)30/h3-7,10-12,20H,8-9,23H2,1-2H3,(H,24,25,26,27). The summed E-state index contributed by atoms with van der Waals surface area (Å²) >= 11 is 0. The number of nitrogens with zero attached hydrogens (tertiary/aromatic N) is 4. The third-order valence-corrected chi connectivity index (χ3v) is 7.08. The van der Waals surface area contributed by atoms with Crippen LogP contribution in [0.4, 0.5) is 5.69 Å². The monoisotopic (exact) mass is 434 g/mol. The number of H-pyrrole nitrogens is 1. The average molecular weight is 435 g/mol. The van der Waals surface area contributed by atoms with Crippen molar-refractivity contribution in [3.63, 3.8) is 0 Å². The summed E-state index contributed by atoms with van der Waals surface area (Å²) in [6.45, 7) is 2.38. The van der Waals surface area contributed by atoms with Crippen LogP contribution in [0.1, 0.15) is 28.3 Å². The Morgan fingerprint density at radius 1 is 1.23 bits per heavy atom. The quantitative estimate of drug-likeness (QED) is 0.479. The predicted octanol–water partition coefficient (Wildman–Crippen LogP) is 2.82. The second kappa shape index (κ2) is 7.14. The third kappa shape index (κ3) is 3.35. The number of nitrogens with one attached hydrogen (secondary N) is 1. The lowest BCUT2D eigenvalue weighted by atomic mass is 9.87. The first-order valence-corrected chi connectivity index (χ1v) is 11.8. The van der Waals surface area contributed by atoms with Crippen LogP contribution in [-0.4, -0.2) is 45.5 Å². The molecule has 4 aromatic rings. The summed E-state index contributed by atoms with van der Waals surface area (Å²) in [5.41, 5.74) is 13.0. The van der Waals surface area contributed by atoms with Gasteiger partial charge in [-0.15, -0.1) is 0 Å². The predicted molar refractivity (Wildman–Crippen MR) is 120 cm³/mol. The van der Waals surface area contributed by atoms with Crippen LogP contribution in [0.15, 0.2) is 48.9 Å². The molecule has 0 fully saturated rings. The van der Waals surface area contributed by atoms with E-state index in [9.17, 15) is 8.42 Å². The molecule has 0 aliphatic carbocycles. The fourth-order valence-electron chi connectivity index (χ4n) is 4.33. The Morgan fingerprint density at radius 3 is 2.84 bits per heavy atom. The number of hydrogen-bond acceptors (Lipinski definition) is 6. The van der Waals surface area contributed by atoms with Gasteiger partial charge in [-0.3, -0.25) is 0 Å². The molecule has 1 unspecified atom stereocenters. The molecule has 158 valence electrons. The molecule has 5 rings (SSSR count). The van der Waals surface area contributed by atoms with E-state index in [2.05, 4.69) is 19.9 Å². The van der Waals surface area contributed by atoms with Crippen molar-refractivity contribution in [1.29, 1.82) is 0 Å². The first-order chi connectivity index (χ1) is 14.8. The number of nitrogen functional groups attached to an aromatic ring is 1. The molecular formula is C22H22N6O2S. The second-order valence-electron chi connectivity index (χ2n) is 7.86. The number of imidazole rings is 1. The summed E-state index contributed by atoms with van der Waals surface area (Å²) in [4.78, 5) is 16.1. The van der Waals surface area contributed by atoms with Crippen molar-refractivity contribution in [2.45, 2.75) is 19.4 Å². The molecule has 1 aliphatic rings. The molecule has 0 saturated heterocycles. The summed E-state index contributed by atoms with van der Waals surface area (Å²) in [6, 6.07) is 11.2. The van der Waals surface area contributed by atoms with E-state index in [1.165, 1.54) is 12.6 Å². The maximum Gasteiger partial charge on any atom is 0.212 e. The van der Waals surface area contributed by atoms with Crippen LogP contribution in [0.3, 0.4) is 0 Å². The minimum atomic E-state index is -3.44. The first kappa shape index (κ1) is 19.7. The first-order valence-electron chi connectivity index (χ1n) is 9.93. The Morgan fingerprint density at radius 2 is 2.06 bits per heavy atom. The Bertz CT molecular complexity index is 1380. The summed E-state index contributed by atoms with van der Waals surface area (Å²) in [5, 5.41) is 0. The molecule has 0 amide bonds. The molecule has 2 aromatic heterocycles. The molecule has 31 heavy (non-hydrogen) atoms. The van der Waals surface area contributed by atoms with Gasteiger partial charge in [-0.2, -0.15) is 4.31 Å². The van der Waals surface area contributed by atoms with Crippen molar-refractivity contribution in [2.75, 3.05) is 18.5 Å². The van der Waals surface area contributed by atoms with Crippen molar-refractivity contribution in [3.05, 3.63) is 71.2 Å². The van der Waals surface area contributed by atoms with Crippen LogP contribution in [0.5, 0.6) is 0 Å².